The average molecular weight is 276 g/mol. The number of rotatable bonds is 5. The van der Waals surface area contributed by atoms with Gasteiger partial charge in [0.25, 0.3) is 0 Å². The molecule has 1 fully saturated rings. The lowest BCUT2D eigenvalue weighted by atomic mass is 9.86. The van der Waals surface area contributed by atoms with Crippen LogP contribution in [0.4, 0.5) is 0 Å². The Hall–Kier alpha value is -1.88. The van der Waals surface area contributed by atoms with Gasteiger partial charge in [0.1, 0.15) is 0 Å². The number of benzene rings is 1. The SMILES string of the molecule is NC(=O)c1ccc(CNC2CCCC(C(=O)O)C2)cc1. The first kappa shape index (κ1) is 14.5. The molecule has 0 spiro atoms. The van der Waals surface area contributed by atoms with E-state index in [1.807, 2.05) is 12.1 Å². The van der Waals surface area contributed by atoms with Gasteiger partial charge in [-0.3, -0.25) is 9.59 Å². The van der Waals surface area contributed by atoms with Crippen LogP contribution in [0.1, 0.15) is 41.6 Å². The van der Waals surface area contributed by atoms with E-state index in [9.17, 15) is 9.59 Å². The monoisotopic (exact) mass is 276 g/mol. The van der Waals surface area contributed by atoms with Crippen molar-refractivity contribution < 1.29 is 14.7 Å². The fourth-order valence-electron chi connectivity index (χ4n) is 2.65. The highest BCUT2D eigenvalue weighted by molar-refractivity contribution is 5.92. The van der Waals surface area contributed by atoms with Crippen molar-refractivity contribution in [2.45, 2.75) is 38.3 Å². The van der Waals surface area contributed by atoms with Crippen LogP contribution >= 0.6 is 0 Å². The molecule has 4 N–H and O–H groups in total. The Labute approximate surface area is 118 Å². The number of carboxylic acid groups (broad SMARTS) is 1. The summed E-state index contributed by atoms with van der Waals surface area (Å²) in [6.45, 7) is 0.677. The smallest absolute Gasteiger partial charge is 0.306 e. The molecule has 108 valence electrons. The molecule has 2 atom stereocenters. The number of aliphatic carboxylic acids is 1. The molecule has 1 saturated carbocycles. The maximum atomic E-state index is 11.0. The Morgan fingerprint density at radius 3 is 2.55 bits per heavy atom. The molecular formula is C15H20N2O3. The summed E-state index contributed by atoms with van der Waals surface area (Å²) >= 11 is 0. The number of hydrogen-bond donors (Lipinski definition) is 3. The van der Waals surface area contributed by atoms with Crippen LogP contribution in [0.25, 0.3) is 0 Å². The molecule has 1 amide bonds. The molecule has 1 aromatic rings. The summed E-state index contributed by atoms with van der Waals surface area (Å²) in [5.74, 6) is -1.35. The first-order valence-electron chi connectivity index (χ1n) is 6.91. The predicted octanol–water partition coefficient (Wildman–Crippen LogP) is 1.52. The molecule has 20 heavy (non-hydrogen) atoms. The maximum Gasteiger partial charge on any atom is 0.306 e. The Bertz CT molecular complexity index is 484. The number of nitrogens with one attached hydrogen (secondary N) is 1. The summed E-state index contributed by atoms with van der Waals surface area (Å²) in [6.07, 6.45) is 3.44. The highest BCUT2D eigenvalue weighted by Gasteiger charge is 2.26. The summed E-state index contributed by atoms with van der Waals surface area (Å²) in [7, 11) is 0. The van der Waals surface area contributed by atoms with Crippen molar-refractivity contribution >= 4 is 11.9 Å². The van der Waals surface area contributed by atoms with Crippen molar-refractivity contribution in [2.75, 3.05) is 0 Å². The zero-order chi connectivity index (χ0) is 14.5. The van der Waals surface area contributed by atoms with Gasteiger partial charge >= 0.3 is 5.97 Å². The fraction of sp³-hybridized carbons (Fsp3) is 0.467. The predicted molar refractivity (Wildman–Crippen MR) is 75.2 cm³/mol. The van der Waals surface area contributed by atoms with E-state index in [1.165, 1.54) is 0 Å². The molecule has 0 bridgehead atoms. The van der Waals surface area contributed by atoms with E-state index in [-0.39, 0.29) is 12.0 Å². The number of amides is 1. The van der Waals surface area contributed by atoms with Crippen molar-refractivity contribution in [3.05, 3.63) is 35.4 Å². The number of primary amides is 1. The van der Waals surface area contributed by atoms with E-state index < -0.39 is 11.9 Å². The standard InChI is InChI=1S/C15H20N2O3/c16-14(18)11-6-4-10(5-7-11)9-17-13-3-1-2-12(8-13)15(19)20/h4-7,12-13,17H,1-3,8-9H2,(H2,16,18)(H,19,20). The maximum absolute atomic E-state index is 11.0. The van der Waals surface area contributed by atoms with Crippen LogP contribution < -0.4 is 11.1 Å². The van der Waals surface area contributed by atoms with Gasteiger partial charge in [0.2, 0.25) is 5.91 Å². The van der Waals surface area contributed by atoms with E-state index in [1.54, 1.807) is 12.1 Å². The van der Waals surface area contributed by atoms with Crippen molar-refractivity contribution in [2.24, 2.45) is 11.7 Å². The molecule has 2 unspecified atom stereocenters. The summed E-state index contributed by atoms with van der Waals surface area (Å²) in [6, 6.07) is 7.40. The average Bonchev–Trinajstić information content (AvgIpc) is 2.46. The third-order valence-corrected chi connectivity index (χ3v) is 3.86. The normalized spacial score (nSPS) is 22.4. The van der Waals surface area contributed by atoms with Crippen molar-refractivity contribution in [3.63, 3.8) is 0 Å². The number of hydrogen-bond acceptors (Lipinski definition) is 3. The molecule has 5 heteroatoms. The Morgan fingerprint density at radius 2 is 1.95 bits per heavy atom. The zero-order valence-corrected chi connectivity index (χ0v) is 11.3. The third kappa shape index (κ3) is 3.81. The second-order valence-electron chi connectivity index (χ2n) is 5.34. The van der Waals surface area contributed by atoms with Crippen molar-refractivity contribution in [3.8, 4) is 0 Å². The molecule has 5 nitrogen and oxygen atoms in total. The topological polar surface area (TPSA) is 92.4 Å². The summed E-state index contributed by atoms with van der Waals surface area (Å²) in [5, 5.41) is 12.4. The second-order valence-corrected chi connectivity index (χ2v) is 5.34. The van der Waals surface area contributed by atoms with Crippen LogP contribution in [0.5, 0.6) is 0 Å². The molecule has 0 radical (unpaired) electrons. The molecule has 0 aromatic heterocycles. The fourth-order valence-corrected chi connectivity index (χ4v) is 2.65. The zero-order valence-electron chi connectivity index (χ0n) is 11.3. The summed E-state index contributed by atoms with van der Waals surface area (Å²) in [5.41, 5.74) is 6.75. The number of nitrogens with two attached hydrogens (primary N) is 1. The van der Waals surface area contributed by atoms with E-state index >= 15 is 0 Å². The number of carboxylic acids is 1. The minimum atomic E-state index is -0.692. The largest absolute Gasteiger partial charge is 0.481 e. The molecule has 0 aliphatic heterocycles. The van der Waals surface area contributed by atoms with Gasteiger partial charge in [-0.2, -0.15) is 0 Å². The van der Waals surface area contributed by atoms with Crippen molar-refractivity contribution in [1.82, 2.24) is 5.32 Å². The molecule has 0 saturated heterocycles. The minimum Gasteiger partial charge on any atom is -0.481 e. The quantitative estimate of drug-likeness (QED) is 0.760. The Kier molecular flexibility index (Phi) is 4.74. The van der Waals surface area contributed by atoms with Crippen LogP contribution in [0.15, 0.2) is 24.3 Å². The lowest BCUT2D eigenvalue weighted by molar-refractivity contribution is -0.143. The molecule has 2 rings (SSSR count). The summed E-state index contributed by atoms with van der Waals surface area (Å²) in [4.78, 5) is 22.0. The third-order valence-electron chi connectivity index (χ3n) is 3.86. The molecule has 1 aliphatic carbocycles. The molecular weight excluding hydrogens is 256 g/mol. The van der Waals surface area contributed by atoms with E-state index in [0.29, 0.717) is 18.5 Å². The Morgan fingerprint density at radius 1 is 1.25 bits per heavy atom. The van der Waals surface area contributed by atoms with Gasteiger partial charge in [-0.1, -0.05) is 18.6 Å². The molecule has 0 heterocycles. The first-order chi connectivity index (χ1) is 9.56. The van der Waals surface area contributed by atoms with Crippen LogP contribution in [-0.4, -0.2) is 23.0 Å². The lowest BCUT2D eigenvalue weighted by Gasteiger charge is -2.27. The van der Waals surface area contributed by atoms with Gasteiger partial charge in [-0.05, 0) is 37.0 Å². The first-order valence-corrected chi connectivity index (χ1v) is 6.91. The summed E-state index contributed by atoms with van der Waals surface area (Å²) < 4.78 is 0. The van der Waals surface area contributed by atoms with E-state index in [4.69, 9.17) is 10.8 Å². The van der Waals surface area contributed by atoms with Gasteiger partial charge in [0, 0.05) is 18.2 Å². The van der Waals surface area contributed by atoms with Crippen LogP contribution in [0, 0.1) is 5.92 Å². The molecule has 1 aliphatic rings. The van der Waals surface area contributed by atoms with Crippen LogP contribution in [0.3, 0.4) is 0 Å². The minimum absolute atomic E-state index is 0.224. The number of carbonyl (C=O) groups excluding carboxylic acids is 1. The number of carbonyl (C=O) groups is 2. The van der Waals surface area contributed by atoms with Crippen molar-refractivity contribution in [1.29, 1.82) is 0 Å². The van der Waals surface area contributed by atoms with E-state index in [2.05, 4.69) is 5.32 Å². The van der Waals surface area contributed by atoms with Gasteiger partial charge in [-0.25, -0.2) is 0 Å². The molecule has 1 aromatic carbocycles. The van der Waals surface area contributed by atoms with E-state index in [0.717, 1.165) is 24.8 Å². The Balaban J connectivity index is 1.85. The van der Waals surface area contributed by atoms with Gasteiger partial charge in [0.15, 0.2) is 0 Å². The second kappa shape index (κ2) is 6.52. The highest BCUT2D eigenvalue weighted by atomic mass is 16.4. The van der Waals surface area contributed by atoms with Crippen LogP contribution in [0.2, 0.25) is 0 Å². The lowest BCUT2D eigenvalue weighted by Crippen LogP contribution is -2.36. The highest BCUT2D eigenvalue weighted by Crippen LogP contribution is 2.24. The van der Waals surface area contributed by atoms with Gasteiger partial charge < -0.3 is 16.2 Å². The van der Waals surface area contributed by atoms with Gasteiger partial charge in [-0.15, -0.1) is 0 Å². The van der Waals surface area contributed by atoms with Gasteiger partial charge in [0.05, 0.1) is 5.92 Å². The van der Waals surface area contributed by atoms with Crippen LogP contribution in [-0.2, 0) is 11.3 Å².